The van der Waals surface area contributed by atoms with Gasteiger partial charge in [-0.3, -0.25) is 4.98 Å². The zero-order valence-electron chi connectivity index (χ0n) is 22.9. The summed E-state index contributed by atoms with van der Waals surface area (Å²) in [5.74, 6) is 7.28. The van der Waals surface area contributed by atoms with Gasteiger partial charge in [-0.2, -0.15) is 0 Å². The molecule has 2 heterocycles. The average Bonchev–Trinajstić information content (AvgIpc) is 3.35. The van der Waals surface area contributed by atoms with Crippen LogP contribution in [0.2, 0.25) is 0 Å². The molecule has 1 saturated carbocycles. The second-order valence-electron chi connectivity index (χ2n) is 12.1. The van der Waals surface area contributed by atoms with E-state index in [-0.39, 0.29) is 22.0 Å². The Labute approximate surface area is 222 Å². The first kappa shape index (κ1) is 24.5. The molecule has 4 heteroatoms. The van der Waals surface area contributed by atoms with Gasteiger partial charge < -0.3 is 9.31 Å². The summed E-state index contributed by atoms with van der Waals surface area (Å²) < 4.78 is 12.5. The van der Waals surface area contributed by atoms with Gasteiger partial charge in [-0.05, 0) is 74.9 Å². The molecule has 3 nitrogen and oxygen atoms in total. The van der Waals surface area contributed by atoms with Crippen molar-refractivity contribution in [2.24, 2.45) is 0 Å². The van der Waals surface area contributed by atoms with Crippen molar-refractivity contribution in [1.29, 1.82) is 0 Å². The summed E-state index contributed by atoms with van der Waals surface area (Å²) >= 11 is 0. The van der Waals surface area contributed by atoms with Crippen molar-refractivity contribution in [3.8, 4) is 34.2 Å². The Morgan fingerprint density at radius 1 is 0.865 bits per heavy atom. The molecule has 0 N–H and O–H groups in total. The molecule has 0 radical (unpaired) electrons. The molecule has 188 valence electrons. The first-order valence-corrected chi connectivity index (χ1v) is 13.7. The van der Waals surface area contributed by atoms with Gasteiger partial charge in [-0.1, -0.05) is 68.7 Å². The first-order chi connectivity index (χ1) is 17.6. The van der Waals surface area contributed by atoms with E-state index in [1.54, 1.807) is 0 Å². The minimum Gasteiger partial charge on any atom is -0.399 e. The molecule has 1 saturated heterocycles. The third-order valence-electron chi connectivity index (χ3n) is 9.55. The van der Waals surface area contributed by atoms with Gasteiger partial charge in [-0.25, -0.2) is 0 Å². The lowest BCUT2D eigenvalue weighted by Gasteiger charge is -2.47. The molecule has 0 amide bonds. The zero-order valence-corrected chi connectivity index (χ0v) is 22.9. The summed E-state index contributed by atoms with van der Waals surface area (Å²) in [7, 11) is -0.401. The molecule has 3 aromatic rings. The predicted octanol–water partition coefficient (Wildman–Crippen LogP) is 6.82. The average molecular weight is 489 g/mol. The first-order valence-electron chi connectivity index (χ1n) is 13.7. The van der Waals surface area contributed by atoms with E-state index in [9.17, 15) is 0 Å². The van der Waals surface area contributed by atoms with E-state index < -0.39 is 7.12 Å². The monoisotopic (exact) mass is 489 g/mol. The molecule has 1 aromatic heterocycles. The Bertz CT molecular complexity index is 1410. The van der Waals surface area contributed by atoms with Crippen LogP contribution < -0.4 is 5.46 Å². The van der Waals surface area contributed by atoms with E-state index in [0.29, 0.717) is 0 Å². The number of rotatable bonds is 2. The van der Waals surface area contributed by atoms with Crippen molar-refractivity contribution in [2.45, 2.75) is 89.3 Å². The van der Waals surface area contributed by atoms with Gasteiger partial charge in [0, 0.05) is 29.1 Å². The number of benzene rings is 2. The minimum absolute atomic E-state index is 0.0303. The van der Waals surface area contributed by atoms with E-state index in [1.165, 1.54) is 28.7 Å². The van der Waals surface area contributed by atoms with Crippen molar-refractivity contribution in [3.63, 3.8) is 0 Å². The quantitative estimate of drug-likeness (QED) is 0.292. The van der Waals surface area contributed by atoms with Crippen LogP contribution >= 0.6 is 0 Å². The third-order valence-corrected chi connectivity index (χ3v) is 9.55. The Hall–Kier alpha value is -2.87. The summed E-state index contributed by atoms with van der Waals surface area (Å²) in [6, 6.07) is 20.0. The Morgan fingerprint density at radius 2 is 1.59 bits per heavy atom. The van der Waals surface area contributed by atoms with Gasteiger partial charge in [0.25, 0.3) is 0 Å². The second-order valence-corrected chi connectivity index (χ2v) is 12.1. The Kier molecular flexibility index (Phi) is 5.50. The van der Waals surface area contributed by atoms with Gasteiger partial charge in [0.2, 0.25) is 0 Å². The minimum atomic E-state index is -0.401. The summed E-state index contributed by atoms with van der Waals surface area (Å²) in [5, 5.41) is 0. The second kappa shape index (κ2) is 8.32. The third kappa shape index (κ3) is 3.48. The molecule has 37 heavy (non-hydrogen) atoms. The fraction of sp³-hybridized carbons (Fsp3) is 0.424. The van der Waals surface area contributed by atoms with Crippen LogP contribution in [-0.4, -0.2) is 23.3 Å². The van der Waals surface area contributed by atoms with Crippen LogP contribution in [0, 0.1) is 11.8 Å². The van der Waals surface area contributed by atoms with Crippen molar-refractivity contribution >= 4 is 12.6 Å². The molecule has 2 aromatic carbocycles. The maximum absolute atomic E-state index is 6.23. The van der Waals surface area contributed by atoms with Gasteiger partial charge in [0.15, 0.2) is 0 Å². The molecular weight excluding hydrogens is 453 g/mol. The molecule has 2 fully saturated rings. The van der Waals surface area contributed by atoms with Crippen LogP contribution in [-0.2, 0) is 20.1 Å². The lowest BCUT2D eigenvalue weighted by atomic mass is 9.54. The van der Waals surface area contributed by atoms with Crippen molar-refractivity contribution < 1.29 is 9.31 Å². The van der Waals surface area contributed by atoms with Crippen molar-refractivity contribution in [1.82, 2.24) is 4.98 Å². The maximum Gasteiger partial charge on any atom is 0.496 e. The normalized spacial score (nSPS) is 26.6. The van der Waals surface area contributed by atoms with Crippen molar-refractivity contribution in [3.05, 3.63) is 71.9 Å². The SMILES string of the molecule is CCC#C[C@]12CCC[C@@]1(C)c1cc(-c3ccc(B4OC(C)(C)C(C)(C)O4)cn3)ccc1-c1ccccc12. The lowest BCUT2D eigenvalue weighted by molar-refractivity contribution is 0.00578. The molecule has 0 bridgehead atoms. The number of hydrogen-bond acceptors (Lipinski definition) is 3. The molecule has 6 rings (SSSR count). The van der Waals surface area contributed by atoms with Crippen LogP contribution in [0.3, 0.4) is 0 Å². The number of hydrogen-bond donors (Lipinski definition) is 0. The van der Waals surface area contributed by atoms with Crippen LogP contribution in [0.25, 0.3) is 22.4 Å². The van der Waals surface area contributed by atoms with Crippen LogP contribution in [0.5, 0.6) is 0 Å². The van der Waals surface area contributed by atoms with Gasteiger partial charge >= 0.3 is 7.12 Å². The Morgan fingerprint density at radius 3 is 2.30 bits per heavy atom. The smallest absolute Gasteiger partial charge is 0.399 e. The van der Waals surface area contributed by atoms with E-state index in [4.69, 9.17) is 14.3 Å². The maximum atomic E-state index is 6.23. The van der Waals surface area contributed by atoms with Crippen molar-refractivity contribution in [2.75, 3.05) is 0 Å². The summed E-state index contributed by atoms with van der Waals surface area (Å²) in [6.45, 7) is 12.9. The molecule has 0 spiro atoms. The highest BCUT2D eigenvalue weighted by molar-refractivity contribution is 6.62. The van der Waals surface area contributed by atoms with E-state index >= 15 is 0 Å². The molecule has 2 atom stereocenters. The highest BCUT2D eigenvalue weighted by atomic mass is 16.7. The summed E-state index contributed by atoms with van der Waals surface area (Å²) in [4.78, 5) is 4.87. The predicted molar refractivity (Wildman–Crippen MR) is 152 cm³/mol. The molecule has 1 aliphatic heterocycles. The van der Waals surface area contributed by atoms with Gasteiger partial charge in [0.1, 0.15) is 0 Å². The number of pyridine rings is 1. The number of nitrogens with zero attached hydrogens (tertiary/aromatic N) is 1. The largest absolute Gasteiger partial charge is 0.496 e. The Balaban J connectivity index is 1.42. The highest BCUT2D eigenvalue weighted by Gasteiger charge is 2.57. The molecule has 3 aliphatic rings. The van der Waals surface area contributed by atoms with E-state index in [1.807, 2.05) is 6.20 Å². The fourth-order valence-electron chi connectivity index (χ4n) is 6.68. The van der Waals surface area contributed by atoms with Crippen LogP contribution in [0.1, 0.15) is 78.4 Å². The molecule has 0 unspecified atom stereocenters. The molecule has 2 aliphatic carbocycles. The summed E-state index contributed by atoms with van der Waals surface area (Å²) in [6.07, 6.45) is 6.23. The zero-order chi connectivity index (χ0) is 26.1. The highest BCUT2D eigenvalue weighted by Crippen LogP contribution is 2.62. The lowest BCUT2D eigenvalue weighted by Crippen LogP contribution is -2.45. The standard InChI is InChI=1S/C33H36BNO2/c1-7-8-19-33-20-11-18-32(33,6)28-21-23(14-16-26(28)25-12-9-10-13-27(25)33)29-17-15-24(22-35-29)34-36-30(2,3)31(4,5)37-34/h9-10,12-17,21-22H,7,11,18,20H2,1-6H3/t32-,33+/m0/s1. The molecular formula is C33H36BNO2. The van der Waals surface area contributed by atoms with E-state index in [2.05, 4.69) is 108 Å². The fourth-order valence-corrected chi connectivity index (χ4v) is 6.68. The van der Waals surface area contributed by atoms with Crippen LogP contribution in [0.4, 0.5) is 0 Å². The topological polar surface area (TPSA) is 31.4 Å². The number of fused-ring (bicyclic) bond motifs is 6. The number of aromatic nitrogens is 1. The van der Waals surface area contributed by atoms with Gasteiger partial charge in [-0.15, -0.1) is 5.92 Å². The van der Waals surface area contributed by atoms with E-state index in [0.717, 1.165) is 36.0 Å². The summed E-state index contributed by atoms with van der Waals surface area (Å²) in [5.41, 5.74) is 7.64. The van der Waals surface area contributed by atoms with Gasteiger partial charge in [0.05, 0.1) is 22.3 Å². The van der Waals surface area contributed by atoms with Crippen LogP contribution in [0.15, 0.2) is 60.8 Å².